The topological polar surface area (TPSA) is 20.3 Å². The number of ketones is 1. The van der Waals surface area contributed by atoms with E-state index in [9.17, 15) is 9.18 Å². The summed E-state index contributed by atoms with van der Waals surface area (Å²) in [5.74, 6) is -0.0917. The van der Waals surface area contributed by atoms with Crippen LogP contribution in [-0.2, 0) is 6.42 Å². The minimum atomic E-state index is -0.271. The molecular formula is C19H20FNO. The van der Waals surface area contributed by atoms with E-state index in [2.05, 4.69) is 4.90 Å². The third-order valence-electron chi connectivity index (χ3n) is 4.35. The number of benzene rings is 2. The summed E-state index contributed by atoms with van der Waals surface area (Å²) in [4.78, 5) is 14.9. The smallest absolute Gasteiger partial charge is 0.193 e. The van der Waals surface area contributed by atoms with E-state index >= 15 is 0 Å². The molecule has 2 nitrogen and oxygen atoms in total. The lowest BCUT2D eigenvalue weighted by molar-refractivity contribution is 0.103. The van der Waals surface area contributed by atoms with E-state index in [4.69, 9.17) is 0 Å². The minimum absolute atomic E-state index is 0.0120. The quantitative estimate of drug-likeness (QED) is 0.862. The molecule has 0 aromatic heterocycles. The number of nitrogens with zero attached hydrogens (tertiary/aromatic N) is 1. The van der Waals surface area contributed by atoms with Crippen molar-refractivity contribution in [2.24, 2.45) is 0 Å². The van der Waals surface area contributed by atoms with Crippen LogP contribution >= 0.6 is 0 Å². The molecule has 3 heteroatoms. The van der Waals surface area contributed by atoms with Gasteiger partial charge in [0, 0.05) is 11.1 Å². The Balaban J connectivity index is 2.09. The molecule has 1 aliphatic rings. The molecule has 0 radical (unpaired) electrons. The summed E-state index contributed by atoms with van der Waals surface area (Å²) >= 11 is 0. The molecule has 1 aliphatic carbocycles. The zero-order valence-corrected chi connectivity index (χ0v) is 13.0. The molecule has 0 fully saturated rings. The van der Waals surface area contributed by atoms with Gasteiger partial charge < -0.3 is 4.90 Å². The summed E-state index contributed by atoms with van der Waals surface area (Å²) in [7, 11) is 4.06. The molecule has 0 saturated carbocycles. The number of carbonyl (C=O) groups excluding carboxylic acids is 1. The number of rotatable bonds is 3. The van der Waals surface area contributed by atoms with Gasteiger partial charge in [-0.05, 0) is 68.7 Å². The van der Waals surface area contributed by atoms with E-state index in [-0.39, 0.29) is 17.5 Å². The van der Waals surface area contributed by atoms with Crippen LogP contribution in [0.15, 0.2) is 42.5 Å². The van der Waals surface area contributed by atoms with Crippen LogP contribution in [0.5, 0.6) is 0 Å². The molecule has 0 amide bonds. The molecule has 0 aliphatic heterocycles. The van der Waals surface area contributed by atoms with Crippen LogP contribution in [-0.4, -0.2) is 31.3 Å². The zero-order valence-electron chi connectivity index (χ0n) is 13.0. The summed E-state index contributed by atoms with van der Waals surface area (Å²) in [6.07, 6.45) is 1.69. The van der Waals surface area contributed by atoms with Gasteiger partial charge in [-0.2, -0.15) is 0 Å². The second-order valence-corrected chi connectivity index (χ2v) is 6.21. The summed E-state index contributed by atoms with van der Waals surface area (Å²) in [6.45, 7) is 0.914. The Hall–Kier alpha value is -2.00. The van der Waals surface area contributed by atoms with Gasteiger partial charge in [-0.1, -0.05) is 24.3 Å². The SMILES string of the molecule is CN(C)CCC1Cc2ccccc2C(=O)c2ccc(F)cc21. The highest BCUT2D eigenvalue weighted by Crippen LogP contribution is 2.34. The third-order valence-corrected chi connectivity index (χ3v) is 4.35. The van der Waals surface area contributed by atoms with Crippen molar-refractivity contribution >= 4 is 5.78 Å². The standard InChI is InChI=1S/C19H20FNO/c1-21(2)10-9-14-11-13-5-3-4-6-16(13)19(22)17-8-7-15(20)12-18(14)17/h3-8,12,14H,9-11H2,1-2H3. The normalized spacial score (nSPS) is 17.1. The lowest BCUT2D eigenvalue weighted by Gasteiger charge is -2.20. The number of hydrogen-bond donors (Lipinski definition) is 0. The summed E-state index contributed by atoms with van der Waals surface area (Å²) in [5, 5.41) is 0. The van der Waals surface area contributed by atoms with Crippen LogP contribution < -0.4 is 0 Å². The van der Waals surface area contributed by atoms with Gasteiger partial charge >= 0.3 is 0 Å². The number of fused-ring (bicyclic) bond motifs is 2. The molecule has 0 N–H and O–H groups in total. The molecule has 3 rings (SSSR count). The van der Waals surface area contributed by atoms with Crippen molar-refractivity contribution in [3.63, 3.8) is 0 Å². The minimum Gasteiger partial charge on any atom is -0.309 e. The van der Waals surface area contributed by atoms with Gasteiger partial charge in [0.15, 0.2) is 5.78 Å². The second-order valence-electron chi connectivity index (χ2n) is 6.21. The molecule has 22 heavy (non-hydrogen) atoms. The lowest BCUT2D eigenvalue weighted by atomic mass is 9.88. The predicted octanol–water partition coefficient (Wildman–Crippen LogP) is 3.65. The Morgan fingerprint density at radius 3 is 2.68 bits per heavy atom. The van der Waals surface area contributed by atoms with E-state index in [1.165, 1.54) is 6.07 Å². The average molecular weight is 297 g/mol. The largest absolute Gasteiger partial charge is 0.309 e. The highest BCUT2D eigenvalue weighted by Gasteiger charge is 2.27. The maximum atomic E-state index is 13.7. The average Bonchev–Trinajstić information content (AvgIpc) is 2.61. The van der Waals surface area contributed by atoms with Crippen molar-refractivity contribution in [2.75, 3.05) is 20.6 Å². The van der Waals surface area contributed by atoms with E-state index in [0.717, 1.165) is 36.1 Å². The molecule has 1 unspecified atom stereocenters. The van der Waals surface area contributed by atoms with Gasteiger partial charge in [0.2, 0.25) is 0 Å². The number of halogens is 1. The predicted molar refractivity (Wildman–Crippen MR) is 85.9 cm³/mol. The van der Waals surface area contributed by atoms with Crippen LogP contribution in [0.1, 0.15) is 39.4 Å². The van der Waals surface area contributed by atoms with Gasteiger partial charge in [0.05, 0.1) is 0 Å². The van der Waals surface area contributed by atoms with Crippen molar-refractivity contribution in [2.45, 2.75) is 18.8 Å². The van der Waals surface area contributed by atoms with Crippen LogP contribution in [0.3, 0.4) is 0 Å². The maximum Gasteiger partial charge on any atom is 0.193 e. The first-order valence-electron chi connectivity index (χ1n) is 7.63. The monoisotopic (exact) mass is 297 g/mol. The van der Waals surface area contributed by atoms with Gasteiger partial charge in [0.1, 0.15) is 5.82 Å². The third kappa shape index (κ3) is 2.81. The second kappa shape index (κ2) is 6.01. The Morgan fingerprint density at radius 2 is 1.91 bits per heavy atom. The maximum absolute atomic E-state index is 13.7. The highest BCUT2D eigenvalue weighted by molar-refractivity contribution is 6.11. The molecular weight excluding hydrogens is 277 g/mol. The Labute approximate surface area is 130 Å². The molecule has 2 aromatic carbocycles. The zero-order chi connectivity index (χ0) is 15.7. The molecule has 0 spiro atoms. The fourth-order valence-electron chi connectivity index (χ4n) is 3.19. The van der Waals surface area contributed by atoms with Gasteiger partial charge in [-0.15, -0.1) is 0 Å². The van der Waals surface area contributed by atoms with E-state index in [1.54, 1.807) is 12.1 Å². The summed E-state index contributed by atoms with van der Waals surface area (Å²) in [6, 6.07) is 12.3. The summed E-state index contributed by atoms with van der Waals surface area (Å²) in [5.41, 5.74) is 3.31. The Kier molecular flexibility index (Phi) is 4.08. The van der Waals surface area contributed by atoms with Crippen LogP contribution in [0.2, 0.25) is 0 Å². The number of hydrogen-bond acceptors (Lipinski definition) is 2. The lowest BCUT2D eigenvalue weighted by Crippen LogP contribution is -2.17. The van der Waals surface area contributed by atoms with Crippen molar-refractivity contribution < 1.29 is 9.18 Å². The summed E-state index contributed by atoms with van der Waals surface area (Å²) < 4.78 is 13.7. The fourth-order valence-corrected chi connectivity index (χ4v) is 3.19. The first-order chi connectivity index (χ1) is 10.6. The van der Waals surface area contributed by atoms with Crippen molar-refractivity contribution in [1.82, 2.24) is 4.90 Å². The molecule has 1 atom stereocenters. The van der Waals surface area contributed by atoms with Crippen LogP contribution in [0, 0.1) is 5.82 Å². The molecule has 114 valence electrons. The van der Waals surface area contributed by atoms with Crippen molar-refractivity contribution in [1.29, 1.82) is 0 Å². The highest BCUT2D eigenvalue weighted by atomic mass is 19.1. The molecule has 0 heterocycles. The van der Waals surface area contributed by atoms with Gasteiger partial charge in [0.25, 0.3) is 0 Å². The van der Waals surface area contributed by atoms with E-state index in [0.29, 0.717) is 5.56 Å². The fraction of sp³-hybridized carbons (Fsp3) is 0.316. The van der Waals surface area contributed by atoms with E-state index in [1.807, 2.05) is 38.4 Å². The first-order valence-corrected chi connectivity index (χ1v) is 7.63. The van der Waals surface area contributed by atoms with Gasteiger partial charge in [-0.25, -0.2) is 4.39 Å². The Morgan fingerprint density at radius 1 is 1.14 bits per heavy atom. The van der Waals surface area contributed by atoms with Crippen molar-refractivity contribution in [3.8, 4) is 0 Å². The van der Waals surface area contributed by atoms with Crippen LogP contribution in [0.25, 0.3) is 0 Å². The van der Waals surface area contributed by atoms with Gasteiger partial charge in [-0.3, -0.25) is 4.79 Å². The Bertz CT molecular complexity index is 708. The molecule has 2 aromatic rings. The molecule has 0 bridgehead atoms. The first kappa shape index (κ1) is 14.9. The van der Waals surface area contributed by atoms with Crippen LogP contribution in [0.4, 0.5) is 4.39 Å². The van der Waals surface area contributed by atoms with E-state index < -0.39 is 0 Å². The van der Waals surface area contributed by atoms with Crippen molar-refractivity contribution in [3.05, 3.63) is 70.5 Å². The molecule has 0 saturated heterocycles. The number of carbonyl (C=O) groups is 1.